The van der Waals surface area contributed by atoms with Crippen molar-refractivity contribution in [3.8, 4) is 5.69 Å². The molecule has 0 radical (unpaired) electrons. The fourth-order valence-corrected chi connectivity index (χ4v) is 3.28. The van der Waals surface area contributed by atoms with Crippen LogP contribution in [0.5, 0.6) is 0 Å². The second-order valence-electron chi connectivity index (χ2n) is 6.43. The van der Waals surface area contributed by atoms with Crippen LogP contribution in [0.2, 0.25) is 0 Å². The average molecular weight is 295 g/mol. The summed E-state index contributed by atoms with van der Waals surface area (Å²) in [5, 5.41) is 7.72. The molecular weight excluding hydrogens is 274 g/mol. The quantitative estimate of drug-likeness (QED) is 0.939. The second kappa shape index (κ2) is 5.59. The third-order valence-corrected chi connectivity index (χ3v) is 4.66. The van der Waals surface area contributed by atoms with E-state index < -0.39 is 0 Å². The molecule has 1 amide bonds. The van der Waals surface area contributed by atoms with E-state index >= 15 is 0 Å². The minimum absolute atomic E-state index is 0.0246. The van der Waals surface area contributed by atoms with Crippen molar-refractivity contribution in [2.75, 3.05) is 0 Å². The van der Waals surface area contributed by atoms with Crippen molar-refractivity contribution in [2.24, 2.45) is 0 Å². The molecule has 1 N–H and O–H groups in total. The first-order chi connectivity index (χ1) is 10.8. The monoisotopic (exact) mass is 295 g/mol. The smallest absolute Gasteiger partial charge is 0.272 e. The van der Waals surface area contributed by atoms with Gasteiger partial charge in [-0.1, -0.05) is 31.0 Å². The predicted molar refractivity (Wildman–Crippen MR) is 85.3 cm³/mol. The summed E-state index contributed by atoms with van der Waals surface area (Å²) < 4.78 is 1.95. The number of para-hydroxylation sites is 1. The Balaban J connectivity index is 1.62. The van der Waals surface area contributed by atoms with Gasteiger partial charge in [0.15, 0.2) is 5.69 Å². The lowest BCUT2D eigenvalue weighted by atomic mass is 10.2. The van der Waals surface area contributed by atoms with E-state index in [4.69, 9.17) is 0 Å². The lowest BCUT2D eigenvalue weighted by Gasteiger charge is -2.10. The largest absolute Gasteiger partial charge is 0.348 e. The fraction of sp³-hybridized carbons (Fsp3) is 0.444. The standard InChI is InChI=1S/C18H21N3O/c22-18(19-14-6-4-5-7-14)16-12-17(13-10-11-13)21(20-16)15-8-2-1-3-9-15/h1-3,8-9,12-14H,4-7,10-11H2,(H,19,22). The molecule has 22 heavy (non-hydrogen) atoms. The van der Waals surface area contributed by atoms with Gasteiger partial charge in [0.1, 0.15) is 0 Å². The summed E-state index contributed by atoms with van der Waals surface area (Å²) in [6.45, 7) is 0. The van der Waals surface area contributed by atoms with Gasteiger partial charge in [0.25, 0.3) is 5.91 Å². The van der Waals surface area contributed by atoms with Crippen LogP contribution in [0.3, 0.4) is 0 Å². The third-order valence-electron chi connectivity index (χ3n) is 4.66. The molecule has 2 aliphatic rings. The Morgan fingerprint density at radius 3 is 2.50 bits per heavy atom. The third kappa shape index (κ3) is 2.65. The van der Waals surface area contributed by atoms with Crippen molar-refractivity contribution in [2.45, 2.75) is 50.5 Å². The number of rotatable bonds is 4. The van der Waals surface area contributed by atoms with Crippen LogP contribution in [0.4, 0.5) is 0 Å². The number of nitrogens with one attached hydrogen (secondary N) is 1. The maximum atomic E-state index is 12.5. The van der Waals surface area contributed by atoms with Crippen LogP contribution < -0.4 is 5.32 Å². The summed E-state index contributed by atoms with van der Waals surface area (Å²) in [4.78, 5) is 12.5. The van der Waals surface area contributed by atoms with Crippen LogP contribution in [-0.4, -0.2) is 21.7 Å². The molecule has 1 heterocycles. The molecule has 0 saturated heterocycles. The lowest BCUT2D eigenvalue weighted by Crippen LogP contribution is -2.32. The highest BCUT2D eigenvalue weighted by atomic mass is 16.2. The summed E-state index contributed by atoms with van der Waals surface area (Å²) in [5.74, 6) is 0.532. The molecule has 0 spiro atoms. The van der Waals surface area contributed by atoms with Crippen LogP contribution in [0.25, 0.3) is 5.69 Å². The molecule has 4 nitrogen and oxygen atoms in total. The summed E-state index contributed by atoms with van der Waals surface area (Å²) in [6, 6.07) is 12.4. The van der Waals surface area contributed by atoms with Gasteiger partial charge in [-0.3, -0.25) is 4.79 Å². The van der Waals surface area contributed by atoms with Gasteiger partial charge in [-0.2, -0.15) is 5.10 Å². The van der Waals surface area contributed by atoms with Crippen LogP contribution in [0.1, 0.15) is 60.6 Å². The van der Waals surface area contributed by atoms with Crippen LogP contribution in [0, 0.1) is 0 Å². The van der Waals surface area contributed by atoms with Gasteiger partial charge in [0, 0.05) is 17.7 Å². The van der Waals surface area contributed by atoms with Crippen molar-refractivity contribution in [1.82, 2.24) is 15.1 Å². The van der Waals surface area contributed by atoms with E-state index in [0.29, 0.717) is 17.7 Å². The van der Waals surface area contributed by atoms with E-state index in [0.717, 1.165) is 18.5 Å². The van der Waals surface area contributed by atoms with Gasteiger partial charge in [-0.05, 0) is 43.9 Å². The SMILES string of the molecule is O=C(NC1CCCC1)c1cc(C2CC2)n(-c2ccccc2)n1. The van der Waals surface area contributed by atoms with E-state index in [1.165, 1.54) is 31.4 Å². The number of hydrogen-bond donors (Lipinski definition) is 1. The zero-order valence-electron chi connectivity index (χ0n) is 12.7. The Morgan fingerprint density at radius 1 is 1.09 bits per heavy atom. The van der Waals surface area contributed by atoms with Crippen LogP contribution in [-0.2, 0) is 0 Å². The fourth-order valence-electron chi connectivity index (χ4n) is 3.28. The molecule has 0 unspecified atom stereocenters. The number of benzene rings is 1. The minimum Gasteiger partial charge on any atom is -0.348 e. The molecule has 2 saturated carbocycles. The molecule has 2 aromatic rings. The number of hydrogen-bond acceptors (Lipinski definition) is 2. The zero-order valence-corrected chi connectivity index (χ0v) is 12.7. The summed E-state index contributed by atoms with van der Waals surface area (Å²) in [7, 11) is 0. The summed E-state index contributed by atoms with van der Waals surface area (Å²) >= 11 is 0. The van der Waals surface area contributed by atoms with E-state index in [1.807, 2.05) is 41.1 Å². The molecule has 2 fully saturated rings. The van der Waals surface area contributed by atoms with Crippen LogP contribution in [0.15, 0.2) is 36.4 Å². The topological polar surface area (TPSA) is 46.9 Å². The van der Waals surface area contributed by atoms with Gasteiger partial charge >= 0.3 is 0 Å². The first-order valence-corrected chi connectivity index (χ1v) is 8.27. The van der Waals surface area contributed by atoms with E-state index in [1.54, 1.807) is 0 Å². The number of nitrogens with zero attached hydrogens (tertiary/aromatic N) is 2. The number of aromatic nitrogens is 2. The van der Waals surface area contributed by atoms with E-state index in [9.17, 15) is 4.79 Å². The van der Waals surface area contributed by atoms with Gasteiger partial charge in [0.05, 0.1) is 5.69 Å². The highest BCUT2D eigenvalue weighted by molar-refractivity contribution is 5.92. The van der Waals surface area contributed by atoms with Crippen molar-refractivity contribution < 1.29 is 4.79 Å². The Labute approximate surface area is 130 Å². The average Bonchev–Trinajstić information content (AvgIpc) is 3.09. The number of carbonyl (C=O) groups excluding carboxylic acids is 1. The zero-order chi connectivity index (χ0) is 14.9. The normalized spacial score (nSPS) is 18.5. The number of amides is 1. The predicted octanol–water partition coefficient (Wildman–Crippen LogP) is 3.42. The Bertz CT molecular complexity index is 667. The molecular formula is C18H21N3O. The van der Waals surface area contributed by atoms with Crippen molar-refractivity contribution in [3.63, 3.8) is 0 Å². The van der Waals surface area contributed by atoms with Crippen molar-refractivity contribution in [1.29, 1.82) is 0 Å². The first kappa shape index (κ1) is 13.6. The minimum atomic E-state index is -0.0246. The maximum Gasteiger partial charge on any atom is 0.272 e. The number of carbonyl (C=O) groups is 1. The van der Waals surface area contributed by atoms with Gasteiger partial charge < -0.3 is 5.32 Å². The van der Waals surface area contributed by atoms with Gasteiger partial charge in [-0.15, -0.1) is 0 Å². The van der Waals surface area contributed by atoms with Gasteiger partial charge in [-0.25, -0.2) is 4.68 Å². The second-order valence-corrected chi connectivity index (χ2v) is 6.43. The molecule has 114 valence electrons. The summed E-state index contributed by atoms with van der Waals surface area (Å²) in [5.41, 5.74) is 2.75. The molecule has 1 aromatic carbocycles. The maximum absolute atomic E-state index is 12.5. The molecule has 4 rings (SSSR count). The van der Waals surface area contributed by atoms with E-state index in [-0.39, 0.29) is 5.91 Å². The first-order valence-electron chi connectivity index (χ1n) is 8.27. The molecule has 0 bridgehead atoms. The van der Waals surface area contributed by atoms with E-state index in [2.05, 4.69) is 10.4 Å². The highest BCUT2D eigenvalue weighted by Gasteiger charge is 2.30. The van der Waals surface area contributed by atoms with Gasteiger partial charge in [0.2, 0.25) is 0 Å². The molecule has 1 aromatic heterocycles. The highest BCUT2D eigenvalue weighted by Crippen LogP contribution is 2.41. The molecule has 0 atom stereocenters. The van der Waals surface area contributed by atoms with Crippen molar-refractivity contribution >= 4 is 5.91 Å². The Morgan fingerprint density at radius 2 is 1.82 bits per heavy atom. The summed E-state index contributed by atoms with van der Waals surface area (Å²) in [6.07, 6.45) is 7.03. The molecule has 4 heteroatoms. The Hall–Kier alpha value is -2.10. The molecule has 2 aliphatic carbocycles. The van der Waals surface area contributed by atoms with Crippen LogP contribution >= 0.6 is 0 Å². The molecule has 0 aliphatic heterocycles. The van der Waals surface area contributed by atoms with Crippen molar-refractivity contribution in [3.05, 3.63) is 47.8 Å². The Kier molecular flexibility index (Phi) is 3.45. The lowest BCUT2D eigenvalue weighted by molar-refractivity contribution is 0.0932.